The van der Waals surface area contributed by atoms with Crippen LogP contribution in [0.5, 0.6) is 0 Å². The number of aromatic nitrogens is 3. The Morgan fingerprint density at radius 2 is 1.89 bits per heavy atom. The normalized spacial score (nSPS) is 22.1. The minimum absolute atomic E-state index is 0.0129. The van der Waals surface area contributed by atoms with Gasteiger partial charge in [0.15, 0.2) is 0 Å². The number of methoxy groups -OCH3 is 1. The first-order chi connectivity index (χ1) is 31.4. The number of likely N-dealkylation sites (tertiary alicyclic amines) is 1. The third-order valence-electron chi connectivity index (χ3n) is 13.3. The number of likely N-dealkylation sites (N-methyl/N-ethyl adjacent to an activating group) is 1. The SMILES string of the molecule is C=CC(=O)N1CC[C@H](C(=O)N(C)[C@H](C(=O)N[C@H]2Cc3cccc(n3)-c3ccc4c(c3)c(c(-c3cccnc3[C@H](C)OC)n4CC)CC(C)(C)COC(=O)[C@@]3([Si])CCCN(N3)C2=O)C(C)C)C1. The van der Waals surface area contributed by atoms with Crippen LogP contribution in [-0.4, -0.2) is 127 Å². The van der Waals surface area contributed by atoms with Crippen LogP contribution in [0.15, 0.2) is 67.4 Å². The van der Waals surface area contributed by atoms with E-state index in [1.54, 1.807) is 25.3 Å². The largest absolute Gasteiger partial charge is 0.464 e. The molecule has 2 N–H and O–H groups in total. The van der Waals surface area contributed by atoms with Gasteiger partial charge in [-0.2, -0.15) is 0 Å². The van der Waals surface area contributed by atoms with Gasteiger partial charge >= 0.3 is 5.97 Å². The molecule has 3 aromatic heterocycles. The lowest BCUT2D eigenvalue weighted by molar-refractivity contribution is -0.158. The first kappa shape index (κ1) is 48.2. The van der Waals surface area contributed by atoms with Crippen molar-refractivity contribution in [1.29, 1.82) is 0 Å². The summed E-state index contributed by atoms with van der Waals surface area (Å²) in [5, 5.41) is 3.98. The van der Waals surface area contributed by atoms with Gasteiger partial charge in [-0.1, -0.05) is 46.4 Å². The number of amides is 4. The number of nitrogens with zero attached hydrogens (tertiary/aromatic N) is 6. The Morgan fingerprint density at radius 1 is 1.12 bits per heavy atom. The summed E-state index contributed by atoms with van der Waals surface area (Å²) >= 11 is 0. The van der Waals surface area contributed by atoms with Crippen LogP contribution in [0.1, 0.15) is 83.9 Å². The Morgan fingerprint density at radius 3 is 2.61 bits per heavy atom. The first-order valence-electron chi connectivity index (χ1n) is 23.0. The summed E-state index contributed by atoms with van der Waals surface area (Å²) in [5.41, 5.74) is 9.57. The summed E-state index contributed by atoms with van der Waals surface area (Å²) in [4.78, 5) is 82.7. The minimum Gasteiger partial charge on any atom is -0.464 e. The molecule has 2 fully saturated rings. The van der Waals surface area contributed by atoms with E-state index in [1.807, 2.05) is 45.0 Å². The predicted octanol–water partition coefficient (Wildman–Crippen LogP) is 5.15. The molecule has 4 amide bonds. The van der Waals surface area contributed by atoms with Gasteiger partial charge < -0.3 is 29.2 Å². The molecule has 4 aromatic rings. The van der Waals surface area contributed by atoms with Gasteiger partial charge in [0.2, 0.25) is 17.7 Å². The Labute approximate surface area is 391 Å². The van der Waals surface area contributed by atoms with E-state index in [-0.39, 0.29) is 50.0 Å². The van der Waals surface area contributed by atoms with E-state index in [1.165, 1.54) is 16.0 Å². The Bertz CT molecular complexity index is 2520. The molecule has 0 spiro atoms. The highest BCUT2D eigenvalue weighted by Gasteiger charge is 2.44. The van der Waals surface area contributed by atoms with Gasteiger partial charge in [0.05, 0.1) is 46.0 Å². The molecule has 5 atom stereocenters. The molecule has 16 heteroatoms. The van der Waals surface area contributed by atoms with E-state index < -0.39 is 46.4 Å². The number of hydrazine groups is 1. The summed E-state index contributed by atoms with van der Waals surface area (Å²) in [5.74, 6) is -2.88. The van der Waals surface area contributed by atoms with E-state index in [4.69, 9.17) is 19.4 Å². The zero-order chi connectivity index (χ0) is 47.7. The zero-order valence-corrected chi connectivity index (χ0v) is 40.5. The maximum absolute atomic E-state index is 14.8. The van der Waals surface area contributed by atoms with Crippen LogP contribution in [0.4, 0.5) is 0 Å². The van der Waals surface area contributed by atoms with Crippen molar-refractivity contribution in [1.82, 2.24) is 40.1 Å². The Balaban J connectivity index is 1.31. The van der Waals surface area contributed by atoms with Crippen molar-refractivity contribution in [2.24, 2.45) is 17.3 Å². The molecule has 1 aromatic carbocycles. The topological polar surface area (TPSA) is 168 Å². The molecule has 3 aliphatic rings. The summed E-state index contributed by atoms with van der Waals surface area (Å²) in [6.07, 6.45) is 4.57. The molecule has 349 valence electrons. The second kappa shape index (κ2) is 19.6. The van der Waals surface area contributed by atoms with Crippen molar-refractivity contribution in [3.8, 4) is 22.5 Å². The van der Waals surface area contributed by atoms with Crippen molar-refractivity contribution >= 4 is 50.7 Å². The number of ether oxygens (including phenoxy) is 2. The molecule has 2 saturated heterocycles. The van der Waals surface area contributed by atoms with E-state index in [0.29, 0.717) is 50.2 Å². The van der Waals surface area contributed by atoms with Crippen molar-refractivity contribution in [3.63, 3.8) is 0 Å². The Kier molecular flexibility index (Phi) is 14.3. The van der Waals surface area contributed by atoms with E-state index in [2.05, 4.69) is 77.2 Å². The van der Waals surface area contributed by atoms with Gasteiger partial charge in [0, 0.05) is 86.1 Å². The molecule has 15 nitrogen and oxygen atoms in total. The van der Waals surface area contributed by atoms with Crippen molar-refractivity contribution in [2.75, 3.05) is 40.4 Å². The van der Waals surface area contributed by atoms with Gasteiger partial charge in [-0.25, -0.2) is 5.43 Å². The highest BCUT2D eigenvalue weighted by atomic mass is 28.1. The second-order valence-electron chi connectivity index (χ2n) is 19.0. The summed E-state index contributed by atoms with van der Waals surface area (Å²) in [7, 11) is 6.99. The minimum atomic E-state index is -1.43. The summed E-state index contributed by atoms with van der Waals surface area (Å²) in [6, 6.07) is 13.9. The average molecular weight is 916 g/mol. The molecule has 0 aliphatic carbocycles. The smallest absolute Gasteiger partial charge is 0.323 e. The van der Waals surface area contributed by atoms with Crippen LogP contribution in [0, 0.1) is 17.3 Å². The zero-order valence-electron chi connectivity index (χ0n) is 39.5. The maximum atomic E-state index is 14.8. The standard InChI is InChI=1S/C50H63N8O7Si/c1-10-41(59)56-24-20-33(28-56)46(61)55(8)43(30(3)4)45(60)53-39-26-34-15-12-17-38(52-34)32-18-19-40-36(25-32)37(44(57(40)11-2)35-16-13-22-51-42(35)31(5)64-9)27-49(6,7)29-65-48(63)50(66)21-14-23-58(54-50)47(39)62/h10,12-13,15-19,22,25,30-31,33,39,43,54H,1,11,14,20-21,23-24,26-29H2,2-9H3,(H,53,60)/t31-,33-,39-,43-,50-/m0/s1. The molecule has 6 bridgehead atoms. The molecule has 3 radical (unpaired) electrons. The van der Waals surface area contributed by atoms with Crippen LogP contribution < -0.4 is 10.7 Å². The van der Waals surface area contributed by atoms with E-state index >= 15 is 0 Å². The second-order valence-corrected chi connectivity index (χ2v) is 19.9. The third-order valence-corrected chi connectivity index (χ3v) is 13.8. The number of benzene rings is 1. The number of fused-ring (bicyclic) bond motifs is 6. The number of carbonyl (C=O) groups excluding carboxylic acids is 5. The van der Waals surface area contributed by atoms with Gasteiger partial charge in [0.1, 0.15) is 17.2 Å². The molecule has 66 heavy (non-hydrogen) atoms. The third kappa shape index (κ3) is 9.72. The fourth-order valence-electron chi connectivity index (χ4n) is 9.77. The Hall–Kier alpha value is -5.71. The molecular formula is C50H63N8O7Si. The summed E-state index contributed by atoms with van der Waals surface area (Å²) < 4.78 is 14.3. The average Bonchev–Trinajstić information content (AvgIpc) is 3.92. The number of cyclic esters (lactones) is 1. The van der Waals surface area contributed by atoms with Gasteiger partial charge in [0.25, 0.3) is 5.91 Å². The van der Waals surface area contributed by atoms with Crippen molar-refractivity contribution in [2.45, 2.75) is 104 Å². The van der Waals surface area contributed by atoms with E-state index in [9.17, 15) is 24.0 Å². The number of aryl methyl sites for hydroxylation is 1. The van der Waals surface area contributed by atoms with E-state index in [0.717, 1.165) is 39.0 Å². The van der Waals surface area contributed by atoms with Crippen molar-refractivity contribution in [3.05, 3.63) is 84.3 Å². The van der Waals surface area contributed by atoms with Crippen LogP contribution >= 0.6 is 0 Å². The van der Waals surface area contributed by atoms with Gasteiger partial charge in [-0.3, -0.25) is 38.9 Å². The fourth-order valence-corrected chi connectivity index (χ4v) is 10.2. The lowest BCUT2D eigenvalue weighted by Crippen LogP contribution is -2.67. The predicted molar refractivity (Wildman–Crippen MR) is 252 cm³/mol. The number of nitrogens with one attached hydrogen (secondary N) is 2. The lowest BCUT2D eigenvalue weighted by Gasteiger charge is -2.41. The van der Waals surface area contributed by atoms with Crippen LogP contribution in [0.2, 0.25) is 0 Å². The highest BCUT2D eigenvalue weighted by molar-refractivity contribution is 6.27. The molecule has 3 aliphatic heterocycles. The fraction of sp³-hybridized carbons (Fsp3) is 0.500. The number of rotatable bonds is 10. The number of hydrogen-bond donors (Lipinski definition) is 2. The number of hydrogen-bond acceptors (Lipinski definition) is 10. The quantitative estimate of drug-likeness (QED) is 0.123. The maximum Gasteiger partial charge on any atom is 0.323 e. The van der Waals surface area contributed by atoms with Gasteiger partial charge in [-0.15, -0.1) is 0 Å². The monoisotopic (exact) mass is 915 g/mol. The lowest BCUT2D eigenvalue weighted by atomic mass is 9.84. The van der Waals surface area contributed by atoms with Crippen LogP contribution in [0.3, 0.4) is 0 Å². The molecule has 7 rings (SSSR count). The molecule has 0 unspecified atom stereocenters. The molecule has 0 saturated carbocycles. The number of esters is 1. The van der Waals surface area contributed by atoms with Crippen LogP contribution in [-0.2, 0) is 52.8 Å². The first-order valence-corrected chi connectivity index (χ1v) is 23.5. The number of pyridine rings is 2. The van der Waals surface area contributed by atoms with Gasteiger partial charge in [-0.05, 0) is 93.5 Å². The summed E-state index contributed by atoms with van der Waals surface area (Å²) in [6.45, 7) is 17.2. The molecule has 6 heterocycles. The van der Waals surface area contributed by atoms with Crippen molar-refractivity contribution < 1.29 is 33.4 Å². The molecular weight excluding hydrogens is 853 g/mol. The van der Waals surface area contributed by atoms with Crippen LogP contribution in [0.25, 0.3) is 33.4 Å². The highest BCUT2D eigenvalue weighted by Crippen LogP contribution is 2.42. The number of carbonyl (C=O) groups is 5.